The lowest BCUT2D eigenvalue weighted by atomic mass is 9.99. The quantitative estimate of drug-likeness (QED) is 0.114. The smallest absolute Gasteiger partial charge is 0.397 e. The second kappa shape index (κ2) is 16.7. The molecule has 0 amide bonds. The number of hydrogen-bond donors (Lipinski definition) is 4. The molecule has 12 nitrogen and oxygen atoms in total. The summed E-state index contributed by atoms with van der Waals surface area (Å²) in [7, 11) is -5.02. The van der Waals surface area contributed by atoms with Crippen LogP contribution in [0.15, 0.2) is 0 Å². The lowest BCUT2D eigenvalue weighted by Gasteiger charge is -2.41. The van der Waals surface area contributed by atoms with E-state index in [9.17, 15) is 28.5 Å². The average molecular weight is 517 g/mol. The molecule has 1 saturated heterocycles. The summed E-state index contributed by atoms with van der Waals surface area (Å²) in [4.78, 5) is 11.8. The van der Waals surface area contributed by atoms with E-state index in [4.69, 9.17) is 23.5 Å². The van der Waals surface area contributed by atoms with Crippen molar-refractivity contribution < 1.29 is 56.2 Å². The molecule has 13 heteroatoms. The van der Waals surface area contributed by atoms with E-state index in [1.807, 2.05) is 0 Å². The number of unbranched alkanes of at least 4 members (excludes halogenated alkanes) is 6. The first-order chi connectivity index (χ1) is 16.1. The van der Waals surface area contributed by atoms with Gasteiger partial charge in [0.1, 0.15) is 30.5 Å². The maximum atomic E-state index is 11.8. The maximum Gasteiger partial charge on any atom is 0.397 e. The van der Waals surface area contributed by atoms with Crippen LogP contribution < -0.4 is 0 Å². The van der Waals surface area contributed by atoms with E-state index in [-0.39, 0.29) is 19.6 Å². The molecule has 0 bridgehead atoms. The minimum Gasteiger partial charge on any atom is -0.457 e. The van der Waals surface area contributed by atoms with E-state index in [2.05, 4.69) is 11.1 Å². The standard InChI is InChI=1S/C21H40O12S/c1-3-5-6-7-8-9-10-11-29-13-15(31-17(23)4-2)14-30-21-19(25)20(33-34(26,27)28)18(24)16(12-22)32-21/h15-16,18-22,24-25H,3-14H2,1-2H3,(H,26,27,28). The van der Waals surface area contributed by atoms with Gasteiger partial charge in [-0.15, -0.1) is 0 Å². The maximum absolute atomic E-state index is 11.8. The Bertz CT molecular complexity index is 658. The molecule has 0 spiro atoms. The summed E-state index contributed by atoms with van der Waals surface area (Å²) in [5.41, 5.74) is 0. The molecule has 34 heavy (non-hydrogen) atoms. The van der Waals surface area contributed by atoms with Crippen LogP contribution >= 0.6 is 0 Å². The minimum atomic E-state index is -5.02. The third-order valence-electron chi connectivity index (χ3n) is 5.28. The number of ether oxygens (including phenoxy) is 4. The molecule has 6 atom stereocenters. The first-order valence-corrected chi connectivity index (χ1v) is 13.2. The monoisotopic (exact) mass is 516 g/mol. The Morgan fingerprint density at radius 3 is 2.24 bits per heavy atom. The molecular formula is C21H40O12S. The van der Waals surface area contributed by atoms with Crippen molar-refractivity contribution in [1.82, 2.24) is 0 Å². The summed E-state index contributed by atoms with van der Waals surface area (Å²) in [5, 5.41) is 29.8. The zero-order valence-electron chi connectivity index (χ0n) is 19.9. The van der Waals surface area contributed by atoms with Gasteiger partial charge in [0.15, 0.2) is 6.29 Å². The number of carbonyl (C=O) groups is 1. The molecular weight excluding hydrogens is 476 g/mol. The topological polar surface area (TPSA) is 178 Å². The SMILES string of the molecule is CCCCCCCCCOCC(COC1OC(CO)C(O)C(OS(=O)(=O)O)C1O)OC(=O)CC. The third kappa shape index (κ3) is 12.2. The molecule has 6 unspecified atom stereocenters. The Kier molecular flexibility index (Phi) is 15.3. The Labute approximate surface area is 201 Å². The zero-order valence-corrected chi connectivity index (χ0v) is 20.7. The molecule has 0 aromatic carbocycles. The number of carbonyl (C=O) groups excluding carboxylic acids is 1. The molecule has 0 aromatic rings. The van der Waals surface area contributed by atoms with Crippen molar-refractivity contribution in [2.24, 2.45) is 0 Å². The van der Waals surface area contributed by atoms with Gasteiger partial charge in [-0.2, -0.15) is 8.42 Å². The largest absolute Gasteiger partial charge is 0.457 e. The highest BCUT2D eigenvalue weighted by atomic mass is 32.3. The Balaban J connectivity index is 2.58. The van der Waals surface area contributed by atoms with Crippen molar-refractivity contribution in [3.05, 3.63) is 0 Å². The highest BCUT2D eigenvalue weighted by Crippen LogP contribution is 2.25. The number of hydrogen-bond acceptors (Lipinski definition) is 11. The predicted molar refractivity (Wildman–Crippen MR) is 119 cm³/mol. The van der Waals surface area contributed by atoms with E-state index < -0.39 is 59.8 Å². The third-order valence-corrected chi connectivity index (χ3v) is 5.75. The average Bonchev–Trinajstić information content (AvgIpc) is 2.79. The van der Waals surface area contributed by atoms with E-state index in [1.165, 1.54) is 25.7 Å². The van der Waals surface area contributed by atoms with Gasteiger partial charge in [0.2, 0.25) is 0 Å². The van der Waals surface area contributed by atoms with Crippen LogP contribution in [0.25, 0.3) is 0 Å². The van der Waals surface area contributed by atoms with Crippen LogP contribution in [-0.2, 0) is 38.3 Å². The van der Waals surface area contributed by atoms with Gasteiger partial charge < -0.3 is 34.3 Å². The van der Waals surface area contributed by atoms with Gasteiger partial charge in [-0.1, -0.05) is 52.4 Å². The molecule has 1 aliphatic rings. The zero-order chi connectivity index (χ0) is 25.6. The summed E-state index contributed by atoms with van der Waals surface area (Å²) < 4.78 is 57.0. The van der Waals surface area contributed by atoms with Crippen molar-refractivity contribution in [3.8, 4) is 0 Å². The highest BCUT2D eigenvalue weighted by molar-refractivity contribution is 7.80. The van der Waals surface area contributed by atoms with E-state index >= 15 is 0 Å². The molecule has 1 fully saturated rings. The summed E-state index contributed by atoms with van der Waals surface area (Å²) >= 11 is 0. The fraction of sp³-hybridized carbons (Fsp3) is 0.952. The summed E-state index contributed by atoms with van der Waals surface area (Å²) in [5.74, 6) is -0.491. The van der Waals surface area contributed by atoms with E-state index in [1.54, 1.807) is 6.92 Å². The van der Waals surface area contributed by atoms with Crippen LogP contribution in [0, 0.1) is 0 Å². The van der Waals surface area contributed by atoms with E-state index in [0.717, 1.165) is 19.3 Å². The molecule has 0 aromatic heterocycles. The van der Waals surface area contributed by atoms with E-state index in [0.29, 0.717) is 6.61 Å². The number of aliphatic hydroxyl groups is 3. The number of esters is 1. The van der Waals surface area contributed by atoms with Gasteiger partial charge >= 0.3 is 16.4 Å². The molecule has 0 saturated carbocycles. The molecule has 1 aliphatic heterocycles. The molecule has 0 radical (unpaired) electrons. The van der Waals surface area contributed by atoms with Gasteiger partial charge in [-0.25, -0.2) is 4.18 Å². The van der Waals surface area contributed by atoms with Crippen LogP contribution in [0.1, 0.15) is 65.2 Å². The van der Waals surface area contributed by atoms with Crippen molar-refractivity contribution >= 4 is 16.4 Å². The van der Waals surface area contributed by atoms with Gasteiger partial charge in [0.05, 0.1) is 19.8 Å². The molecule has 1 heterocycles. The van der Waals surface area contributed by atoms with Gasteiger partial charge in [-0.05, 0) is 6.42 Å². The minimum absolute atomic E-state index is 0.0292. The van der Waals surface area contributed by atoms with Gasteiger partial charge in [-0.3, -0.25) is 9.35 Å². The van der Waals surface area contributed by atoms with Crippen LogP contribution in [0.4, 0.5) is 0 Å². The first-order valence-electron chi connectivity index (χ1n) is 11.8. The van der Waals surface area contributed by atoms with Gasteiger partial charge in [0.25, 0.3) is 0 Å². The summed E-state index contributed by atoms with van der Waals surface area (Å²) in [6.45, 7) is 3.27. The predicted octanol–water partition coefficient (Wildman–Crippen LogP) is 0.719. The lowest BCUT2D eigenvalue weighted by Crippen LogP contribution is -2.60. The Morgan fingerprint density at radius 1 is 1.00 bits per heavy atom. The first kappa shape index (κ1) is 31.1. The second-order valence-electron chi connectivity index (χ2n) is 8.19. The fourth-order valence-electron chi connectivity index (χ4n) is 3.41. The second-order valence-corrected chi connectivity index (χ2v) is 9.24. The van der Waals surface area contributed by atoms with Gasteiger partial charge in [0, 0.05) is 13.0 Å². The highest BCUT2D eigenvalue weighted by Gasteiger charge is 2.47. The molecule has 0 aliphatic carbocycles. The van der Waals surface area contributed by atoms with Crippen LogP contribution in [0.2, 0.25) is 0 Å². The van der Waals surface area contributed by atoms with Crippen molar-refractivity contribution in [1.29, 1.82) is 0 Å². The lowest BCUT2D eigenvalue weighted by molar-refractivity contribution is -0.301. The Morgan fingerprint density at radius 2 is 1.65 bits per heavy atom. The normalized spacial score (nSPS) is 26.4. The van der Waals surface area contributed by atoms with Crippen LogP contribution in [0.5, 0.6) is 0 Å². The molecule has 202 valence electrons. The molecule has 1 rings (SSSR count). The summed E-state index contributed by atoms with van der Waals surface area (Å²) in [6, 6.07) is 0. The van der Waals surface area contributed by atoms with Crippen LogP contribution in [0.3, 0.4) is 0 Å². The number of aliphatic hydroxyl groups excluding tert-OH is 3. The van der Waals surface area contributed by atoms with Crippen LogP contribution in [-0.4, -0.2) is 97.5 Å². The fourth-order valence-corrected chi connectivity index (χ4v) is 3.92. The summed E-state index contributed by atoms with van der Waals surface area (Å²) in [6.07, 6.45) is -1.20. The Hall–Kier alpha value is -0.900. The van der Waals surface area contributed by atoms with Crippen molar-refractivity contribution in [3.63, 3.8) is 0 Å². The number of rotatable bonds is 18. The van der Waals surface area contributed by atoms with Crippen molar-refractivity contribution in [2.45, 2.75) is 102 Å². The van der Waals surface area contributed by atoms with Crippen molar-refractivity contribution in [2.75, 3.05) is 26.4 Å². The molecule has 4 N–H and O–H groups in total.